The van der Waals surface area contributed by atoms with E-state index in [1.807, 2.05) is 98.2 Å². The van der Waals surface area contributed by atoms with Crippen molar-refractivity contribution in [3.05, 3.63) is 122 Å². The van der Waals surface area contributed by atoms with Crippen LogP contribution in [-0.2, 0) is 27.6 Å². The molecule has 342 valence electrons. The van der Waals surface area contributed by atoms with Gasteiger partial charge in [-0.25, -0.2) is 0 Å². The molecule has 1 aromatic carbocycles. The van der Waals surface area contributed by atoms with Crippen molar-refractivity contribution >= 4 is 0 Å². The van der Waals surface area contributed by atoms with Gasteiger partial charge in [0.15, 0.2) is 11.5 Å². The summed E-state index contributed by atoms with van der Waals surface area (Å²) in [6.45, 7) is 33.6. The van der Waals surface area contributed by atoms with Gasteiger partial charge in [0, 0.05) is 35.6 Å². The summed E-state index contributed by atoms with van der Waals surface area (Å²) < 4.78 is 28.3. The Morgan fingerprint density at radius 3 is 1.38 bits per heavy atom. The minimum absolute atomic E-state index is 0.00375. The largest absolute Gasteiger partial charge is 0.493 e. The second kappa shape index (κ2) is 21.8. The maximum absolute atomic E-state index is 5.67. The van der Waals surface area contributed by atoms with E-state index in [4.69, 9.17) is 18.7 Å². The molecule has 0 radical (unpaired) electrons. The zero-order valence-electron chi connectivity index (χ0n) is 41.0. The second-order valence-corrected chi connectivity index (χ2v) is 19.9. The first-order valence-corrected chi connectivity index (χ1v) is 21.1. The van der Waals surface area contributed by atoms with Crippen LogP contribution in [0.2, 0.25) is 0 Å². The van der Waals surface area contributed by atoms with Crippen LogP contribution in [0.25, 0.3) is 11.3 Å². The van der Waals surface area contributed by atoms with Gasteiger partial charge >= 0.3 is 0 Å². The van der Waals surface area contributed by atoms with Crippen molar-refractivity contribution in [2.75, 3.05) is 14.2 Å². The van der Waals surface area contributed by atoms with Gasteiger partial charge in [0.2, 0.25) is 0 Å². The topological polar surface area (TPSA) is 138 Å². The average Bonchev–Trinajstić information content (AvgIpc) is 4.05. The third-order valence-electron chi connectivity index (χ3n) is 8.77. The maximum Gasteiger partial charge on any atom is 0.254 e. The minimum atomic E-state index is -0.0156. The Kier molecular flexibility index (Phi) is 17.7. The highest BCUT2D eigenvalue weighted by Gasteiger charge is 2.20. The molecule has 6 aromatic heterocycles. The number of ether oxygens (including phenoxy) is 3. The van der Waals surface area contributed by atoms with Crippen LogP contribution in [0.1, 0.15) is 115 Å². The molecular weight excluding hydrogens is 793 g/mol. The van der Waals surface area contributed by atoms with Crippen molar-refractivity contribution < 1.29 is 18.7 Å². The first-order valence-electron chi connectivity index (χ1n) is 21.1. The van der Waals surface area contributed by atoms with Gasteiger partial charge in [-0.15, -0.1) is 0 Å². The van der Waals surface area contributed by atoms with E-state index in [1.165, 1.54) is 5.56 Å². The van der Waals surface area contributed by atoms with Crippen LogP contribution in [-0.4, -0.2) is 63.5 Å². The van der Waals surface area contributed by atoms with E-state index >= 15 is 0 Å². The summed E-state index contributed by atoms with van der Waals surface area (Å²) in [5, 5.41) is 20.7. The van der Waals surface area contributed by atoms with Gasteiger partial charge in [-0.1, -0.05) is 45.0 Å². The van der Waals surface area contributed by atoms with E-state index in [-0.39, 0.29) is 27.6 Å². The SMILES string of the molecule is CC(C)(C)n1cc(-c2ccccn2)cn1.CC(C)(C)n1cc(Oc2ccccc2)cn1.COc1cc(C(C)(C)C)on1.COc1cnn(C(C)(C)C)c1.Cc1cnn(C(C)(C)C)c1. The van der Waals surface area contributed by atoms with Crippen molar-refractivity contribution in [2.24, 2.45) is 0 Å². The van der Waals surface area contributed by atoms with Gasteiger partial charge in [0.05, 0.1) is 79.3 Å². The van der Waals surface area contributed by atoms with E-state index in [0.29, 0.717) is 5.88 Å². The molecule has 0 saturated heterocycles. The molecule has 0 bridgehead atoms. The lowest BCUT2D eigenvalue weighted by Gasteiger charge is -2.18. The molecular formula is C49H72N10O4. The predicted octanol–water partition coefficient (Wildman–Crippen LogP) is 11.7. The number of benzene rings is 1. The first kappa shape index (κ1) is 51.2. The molecule has 0 N–H and O–H groups in total. The van der Waals surface area contributed by atoms with Gasteiger partial charge in [-0.2, -0.15) is 20.4 Å². The van der Waals surface area contributed by atoms with Crippen LogP contribution in [0.5, 0.6) is 23.1 Å². The van der Waals surface area contributed by atoms with Crippen molar-refractivity contribution in [3.63, 3.8) is 0 Å². The van der Waals surface area contributed by atoms with Gasteiger partial charge in [0.1, 0.15) is 11.5 Å². The summed E-state index contributed by atoms with van der Waals surface area (Å²) in [6, 6.07) is 17.4. The Balaban J connectivity index is 0.000000212. The Morgan fingerprint density at radius 2 is 1.00 bits per heavy atom. The van der Waals surface area contributed by atoms with Gasteiger partial charge in [-0.05, 0) is 125 Å². The van der Waals surface area contributed by atoms with Crippen LogP contribution in [0, 0.1) is 6.92 Å². The van der Waals surface area contributed by atoms with E-state index < -0.39 is 0 Å². The highest BCUT2D eigenvalue weighted by Crippen LogP contribution is 2.26. The van der Waals surface area contributed by atoms with Gasteiger partial charge in [-0.3, -0.25) is 23.7 Å². The monoisotopic (exact) mass is 865 g/mol. The molecule has 63 heavy (non-hydrogen) atoms. The molecule has 14 nitrogen and oxygen atoms in total. The first-order chi connectivity index (χ1) is 29.2. The number of methoxy groups -OCH3 is 2. The molecule has 0 amide bonds. The third-order valence-corrected chi connectivity index (χ3v) is 8.77. The highest BCUT2D eigenvalue weighted by atomic mass is 16.5. The van der Waals surface area contributed by atoms with Crippen molar-refractivity contribution in [1.82, 2.24) is 49.3 Å². The molecule has 14 heteroatoms. The molecule has 7 aromatic rings. The van der Waals surface area contributed by atoms with Crippen molar-refractivity contribution in [1.29, 1.82) is 0 Å². The number of nitrogens with zero attached hydrogens (tertiary/aromatic N) is 10. The third kappa shape index (κ3) is 17.2. The summed E-state index contributed by atoms with van der Waals surface area (Å²) >= 11 is 0. The standard InChI is InChI=1S/C13H16N2O.C12H15N3.C8H14N2O.C8H14N2.C8H13NO2/c1-13(2,3)15-10-12(9-14-15)16-11-7-5-4-6-8-11;1-12(2,3)15-9-10(8-14-15)11-6-4-5-7-13-11;1-8(2,3)10-6-7(11-4)5-9-10;1-7-5-9-10(6-7)8(2,3)4;1-8(2,3)6-5-7(10-4)9-11-6/h4-10H,1-3H3;4-9H,1-3H3;5-6H,1-4H3;5-6H,1-4H3;5H,1-4H3. The summed E-state index contributed by atoms with van der Waals surface area (Å²) in [6.07, 6.45) is 16.9. The lowest BCUT2D eigenvalue weighted by Crippen LogP contribution is -2.21. The Hall–Kier alpha value is -6.18. The Labute approximate surface area is 375 Å². The van der Waals surface area contributed by atoms with Crippen LogP contribution < -0.4 is 14.2 Å². The highest BCUT2D eigenvalue weighted by molar-refractivity contribution is 5.56. The average molecular weight is 865 g/mol. The van der Waals surface area contributed by atoms with Crippen molar-refractivity contribution in [2.45, 2.75) is 138 Å². The molecule has 6 heterocycles. The normalized spacial score (nSPS) is 11.7. The Bertz CT molecular complexity index is 2280. The molecule has 7 rings (SSSR count). The van der Waals surface area contributed by atoms with E-state index in [2.05, 4.69) is 148 Å². The Morgan fingerprint density at radius 1 is 0.508 bits per heavy atom. The van der Waals surface area contributed by atoms with E-state index in [1.54, 1.807) is 38.9 Å². The zero-order valence-corrected chi connectivity index (χ0v) is 41.0. The summed E-state index contributed by atoms with van der Waals surface area (Å²) in [5.41, 5.74) is 3.41. The fourth-order valence-electron chi connectivity index (χ4n) is 4.97. The van der Waals surface area contributed by atoms with Crippen molar-refractivity contribution in [3.8, 4) is 34.4 Å². The van der Waals surface area contributed by atoms with Gasteiger partial charge in [0.25, 0.3) is 5.88 Å². The predicted molar refractivity (Wildman–Crippen MR) is 252 cm³/mol. The molecule has 0 aliphatic heterocycles. The number of aryl methyl sites for hydroxylation is 1. The van der Waals surface area contributed by atoms with Crippen LogP contribution >= 0.6 is 0 Å². The lowest BCUT2D eigenvalue weighted by molar-refractivity contribution is 0.301. The van der Waals surface area contributed by atoms with E-state index in [9.17, 15) is 0 Å². The second-order valence-electron chi connectivity index (χ2n) is 19.9. The van der Waals surface area contributed by atoms with E-state index in [0.717, 1.165) is 34.3 Å². The number of para-hydroxylation sites is 1. The van der Waals surface area contributed by atoms with Crippen LogP contribution in [0.15, 0.2) is 115 Å². The van der Waals surface area contributed by atoms with Crippen LogP contribution in [0.4, 0.5) is 0 Å². The number of hydrogen-bond donors (Lipinski definition) is 0. The number of aromatic nitrogens is 10. The molecule has 0 aliphatic rings. The fraction of sp³-hybridized carbons (Fsp3) is 0.469. The molecule has 0 atom stereocenters. The summed E-state index contributed by atoms with van der Waals surface area (Å²) in [5.74, 6) is 3.78. The molecule has 0 unspecified atom stereocenters. The molecule has 0 aliphatic carbocycles. The maximum atomic E-state index is 5.67. The quantitative estimate of drug-likeness (QED) is 0.164. The lowest BCUT2D eigenvalue weighted by atomic mass is 9.94. The van der Waals surface area contributed by atoms with Gasteiger partial charge < -0.3 is 18.7 Å². The molecule has 0 saturated carbocycles. The fourth-order valence-corrected chi connectivity index (χ4v) is 4.97. The zero-order chi connectivity index (χ0) is 47.2. The number of rotatable bonds is 5. The molecule has 0 fully saturated rings. The minimum Gasteiger partial charge on any atom is -0.493 e. The van der Waals surface area contributed by atoms with Crippen LogP contribution in [0.3, 0.4) is 0 Å². The summed E-state index contributed by atoms with van der Waals surface area (Å²) in [4.78, 5) is 4.29. The summed E-state index contributed by atoms with van der Waals surface area (Å²) in [7, 11) is 3.22. The number of hydrogen-bond acceptors (Lipinski definition) is 10. The smallest absolute Gasteiger partial charge is 0.254 e. The number of pyridine rings is 1. The molecule has 0 spiro atoms.